The highest BCUT2D eigenvalue weighted by Gasteiger charge is 2.24. The summed E-state index contributed by atoms with van der Waals surface area (Å²) < 4.78 is 1.69. The van der Waals surface area contributed by atoms with Crippen molar-refractivity contribution in [1.82, 2.24) is 14.9 Å². The maximum atomic E-state index is 12.8. The zero-order valence-corrected chi connectivity index (χ0v) is 16.0. The fraction of sp³-hybridized carbons (Fsp3) is 0.238. The van der Waals surface area contributed by atoms with Gasteiger partial charge in [-0.05, 0) is 43.7 Å². The molecule has 3 N–H and O–H groups in total. The molecule has 2 aromatic heterocycles. The summed E-state index contributed by atoms with van der Waals surface area (Å²) >= 11 is 0. The van der Waals surface area contributed by atoms with Crippen LogP contribution in [0.5, 0.6) is 5.75 Å². The Morgan fingerprint density at radius 3 is 2.48 bits per heavy atom. The van der Waals surface area contributed by atoms with E-state index in [0.29, 0.717) is 23.1 Å². The van der Waals surface area contributed by atoms with Gasteiger partial charge in [0.05, 0.1) is 5.39 Å². The van der Waals surface area contributed by atoms with Crippen molar-refractivity contribution in [3.8, 4) is 5.75 Å². The molecule has 29 heavy (non-hydrogen) atoms. The third kappa shape index (κ3) is 4.26. The van der Waals surface area contributed by atoms with Crippen molar-refractivity contribution in [2.45, 2.75) is 32.9 Å². The van der Waals surface area contributed by atoms with Crippen LogP contribution in [0, 0.1) is 6.92 Å². The zero-order valence-electron chi connectivity index (χ0n) is 16.0. The van der Waals surface area contributed by atoms with Gasteiger partial charge in [0.25, 0.3) is 5.91 Å². The van der Waals surface area contributed by atoms with Crippen LogP contribution in [0.2, 0.25) is 0 Å². The van der Waals surface area contributed by atoms with Gasteiger partial charge in [0, 0.05) is 24.9 Å². The number of amides is 1. The maximum Gasteiger partial charge on any atom is 0.326 e. The molecule has 0 spiro atoms. The van der Waals surface area contributed by atoms with Gasteiger partial charge in [0.2, 0.25) is 5.43 Å². The number of hydrogen-bond donors (Lipinski definition) is 3. The molecule has 3 aromatic rings. The number of pyridine rings is 2. The van der Waals surface area contributed by atoms with Gasteiger partial charge in [-0.3, -0.25) is 9.59 Å². The minimum absolute atomic E-state index is 0.0116. The number of nitrogens with one attached hydrogen (secondary N) is 1. The average molecular weight is 395 g/mol. The van der Waals surface area contributed by atoms with Gasteiger partial charge in [-0.2, -0.15) is 0 Å². The Kier molecular flexibility index (Phi) is 5.63. The van der Waals surface area contributed by atoms with Crippen LogP contribution in [0.15, 0.2) is 47.4 Å². The Bertz CT molecular complexity index is 1140. The summed E-state index contributed by atoms with van der Waals surface area (Å²) in [6, 6.07) is 8.11. The zero-order chi connectivity index (χ0) is 21.1. The second-order valence-corrected chi connectivity index (χ2v) is 6.72. The number of carboxylic acid groups (broad SMARTS) is 1. The van der Waals surface area contributed by atoms with Crippen LogP contribution in [-0.4, -0.2) is 37.7 Å². The number of aliphatic carboxylic acids is 1. The largest absolute Gasteiger partial charge is 0.508 e. The van der Waals surface area contributed by atoms with Gasteiger partial charge < -0.3 is 20.1 Å². The van der Waals surface area contributed by atoms with E-state index in [2.05, 4.69) is 10.3 Å². The first-order valence-corrected chi connectivity index (χ1v) is 9.12. The molecule has 2 heterocycles. The number of carbonyl (C=O) groups is 2. The predicted molar refractivity (Wildman–Crippen MR) is 107 cm³/mol. The monoisotopic (exact) mass is 395 g/mol. The number of rotatable bonds is 6. The first kappa shape index (κ1) is 20.1. The van der Waals surface area contributed by atoms with Crippen molar-refractivity contribution in [2.24, 2.45) is 0 Å². The highest BCUT2D eigenvalue weighted by Crippen LogP contribution is 2.13. The highest BCUT2D eigenvalue weighted by molar-refractivity contribution is 5.98. The molecule has 1 amide bonds. The molecule has 1 atom stereocenters. The van der Waals surface area contributed by atoms with Crippen molar-refractivity contribution in [3.05, 3.63) is 69.6 Å². The molecular formula is C21H21N3O5. The SMILES string of the molecule is CCn1cc(C(=O)N[C@@H](Cc2ccc(O)cc2)C(=O)O)c(=O)c2ccc(C)nc21. The number of carboxylic acids is 1. The number of phenols is 1. The number of hydrogen-bond acceptors (Lipinski definition) is 5. The van der Waals surface area contributed by atoms with Crippen LogP contribution in [0.3, 0.4) is 0 Å². The van der Waals surface area contributed by atoms with Gasteiger partial charge in [0.1, 0.15) is 23.0 Å². The summed E-state index contributed by atoms with van der Waals surface area (Å²) in [7, 11) is 0. The summed E-state index contributed by atoms with van der Waals surface area (Å²) in [6.45, 7) is 4.16. The van der Waals surface area contributed by atoms with E-state index in [-0.39, 0.29) is 17.7 Å². The second kappa shape index (κ2) is 8.14. The van der Waals surface area contributed by atoms with Gasteiger partial charge in [-0.1, -0.05) is 12.1 Å². The topological polar surface area (TPSA) is 122 Å². The number of aryl methyl sites for hydroxylation is 2. The lowest BCUT2D eigenvalue weighted by Gasteiger charge is -2.16. The first-order chi connectivity index (χ1) is 13.8. The third-order valence-electron chi connectivity index (χ3n) is 4.63. The second-order valence-electron chi connectivity index (χ2n) is 6.72. The van der Waals surface area contributed by atoms with E-state index in [1.165, 1.54) is 18.3 Å². The average Bonchev–Trinajstić information content (AvgIpc) is 2.69. The smallest absolute Gasteiger partial charge is 0.326 e. The lowest BCUT2D eigenvalue weighted by Crippen LogP contribution is -2.43. The number of nitrogens with zero attached hydrogens (tertiary/aromatic N) is 2. The molecule has 0 unspecified atom stereocenters. The Morgan fingerprint density at radius 2 is 1.86 bits per heavy atom. The van der Waals surface area contributed by atoms with Gasteiger partial charge in [-0.25, -0.2) is 9.78 Å². The lowest BCUT2D eigenvalue weighted by atomic mass is 10.1. The van der Waals surface area contributed by atoms with E-state index < -0.39 is 23.3 Å². The molecule has 0 radical (unpaired) electrons. The number of phenolic OH excluding ortho intramolecular Hbond substituents is 1. The fourth-order valence-corrected chi connectivity index (χ4v) is 3.07. The Morgan fingerprint density at radius 1 is 1.17 bits per heavy atom. The van der Waals surface area contributed by atoms with Crippen LogP contribution >= 0.6 is 0 Å². The Labute approximate surface area is 166 Å². The molecule has 0 saturated carbocycles. The Balaban J connectivity index is 1.94. The van der Waals surface area contributed by atoms with Crippen molar-refractivity contribution in [2.75, 3.05) is 0 Å². The van der Waals surface area contributed by atoms with Crippen molar-refractivity contribution in [1.29, 1.82) is 0 Å². The summed E-state index contributed by atoms with van der Waals surface area (Å²) in [5, 5.41) is 21.6. The molecular weight excluding hydrogens is 374 g/mol. The molecule has 3 rings (SSSR count). The highest BCUT2D eigenvalue weighted by atomic mass is 16.4. The van der Waals surface area contributed by atoms with Gasteiger partial charge in [-0.15, -0.1) is 0 Å². The summed E-state index contributed by atoms with van der Waals surface area (Å²) in [4.78, 5) is 41.6. The summed E-state index contributed by atoms with van der Waals surface area (Å²) in [5.74, 6) is -1.92. The molecule has 150 valence electrons. The summed E-state index contributed by atoms with van der Waals surface area (Å²) in [5.41, 5.74) is 1.22. The standard InChI is InChI=1S/C21H21N3O5/c1-3-24-11-16(18(26)15-9-4-12(2)22-19(15)24)20(27)23-17(21(28)29)10-13-5-7-14(25)8-6-13/h4-9,11,17,25H,3,10H2,1-2H3,(H,23,27)(H,28,29)/t17-/m0/s1. The first-order valence-electron chi connectivity index (χ1n) is 9.12. The van der Waals surface area contributed by atoms with Crippen molar-refractivity contribution < 1.29 is 19.8 Å². The van der Waals surface area contributed by atoms with Crippen molar-refractivity contribution in [3.63, 3.8) is 0 Å². The number of aromatic hydroxyl groups is 1. The Hall–Kier alpha value is -3.68. The summed E-state index contributed by atoms with van der Waals surface area (Å²) in [6.07, 6.45) is 1.42. The predicted octanol–water partition coefficient (Wildman–Crippen LogP) is 1.86. The number of aromatic nitrogens is 2. The molecule has 0 bridgehead atoms. The van der Waals surface area contributed by atoms with Crippen LogP contribution in [0.1, 0.15) is 28.5 Å². The number of carbonyl (C=O) groups excluding carboxylic acids is 1. The molecule has 0 aliphatic rings. The van der Waals surface area contributed by atoms with E-state index in [9.17, 15) is 24.6 Å². The molecule has 0 fully saturated rings. The van der Waals surface area contributed by atoms with E-state index in [4.69, 9.17) is 0 Å². The van der Waals surface area contributed by atoms with Gasteiger partial charge in [0.15, 0.2) is 0 Å². The minimum atomic E-state index is -1.23. The molecule has 8 heteroatoms. The lowest BCUT2D eigenvalue weighted by molar-refractivity contribution is -0.139. The van der Waals surface area contributed by atoms with E-state index in [1.54, 1.807) is 28.8 Å². The van der Waals surface area contributed by atoms with Crippen LogP contribution in [0.25, 0.3) is 11.0 Å². The third-order valence-corrected chi connectivity index (χ3v) is 4.63. The molecule has 0 aliphatic carbocycles. The van der Waals surface area contributed by atoms with E-state index in [1.807, 2.05) is 13.8 Å². The normalized spacial score (nSPS) is 11.9. The van der Waals surface area contributed by atoms with Crippen LogP contribution < -0.4 is 10.7 Å². The minimum Gasteiger partial charge on any atom is -0.508 e. The van der Waals surface area contributed by atoms with E-state index >= 15 is 0 Å². The van der Waals surface area contributed by atoms with Gasteiger partial charge >= 0.3 is 5.97 Å². The van der Waals surface area contributed by atoms with E-state index in [0.717, 1.165) is 5.69 Å². The number of benzene rings is 1. The molecule has 8 nitrogen and oxygen atoms in total. The molecule has 0 saturated heterocycles. The quantitative estimate of drug-likeness (QED) is 0.586. The number of fused-ring (bicyclic) bond motifs is 1. The van der Waals surface area contributed by atoms with Crippen molar-refractivity contribution >= 4 is 22.9 Å². The molecule has 0 aliphatic heterocycles. The molecule has 1 aromatic carbocycles. The van der Waals surface area contributed by atoms with Crippen LogP contribution in [-0.2, 0) is 17.8 Å². The van der Waals surface area contributed by atoms with Crippen LogP contribution in [0.4, 0.5) is 0 Å². The maximum absolute atomic E-state index is 12.8. The fourth-order valence-electron chi connectivity index (χ4n) is 3.07.